The van der Waals surface area contributed by atoms with E-state index in [-0.39, 0.29) is 0 Å². The largest absolute Gasteiger partial charge is 0.330 e. The minimum absolute atomic E-state index is 0.648. The highest BCUT2D eigenvalue weighted by Crippen LogP contribution is 2.15. The van der Waals surface area contributed by atoms with Crippen LogP contribution in [0.1, 0.15) is 27.7 Å². The maximum absolute atomic E-state index is 5.59. The molecule has 2 rings (SSSR count). The SMILES string of the molecule is Cc1nc(Cc2cccs2)nc(C)c1CCN. The van der Waals surface area contributed by atoms with Gasteiger partial charge in [0.05, 0.1) is 0 Å². The van der Waals surface area contributed by atoms with E-state index in [1.807, 2.05) is 13.8 Å². The Morgan fingerprint density at radius 1 is 1.24 bits per heavy atom. The molecule has 0 fully saturated rings. The van der Waals surface area contributed by atoms with Crippen molar-refractivity contribution in [1.82, 2.24) is 9.97 Å². The molecule has 0 unspecified atom stereocenters. The predicted octanol–water partition coefficient (Wildman–Crippen LogP) is 2.25. The molecule has 0 aliphatic rings. The Morgan fingerprint density at radius 3 is 2.47 bits per heavy atom. The number of nitrogens with two attached hydrogens (primary N) is 1. The van der Waals surface area contributed by atoms with Gasteiger partial charge in [-0.05, 0) is 43.8 Å². The molecule has 2 heterocycles. The summed E-state index contributed by atoms with van der Waals surface area (Å²) in [6.45, 7) is 4.73. The van der Waals surface area contributed by atoms with Gasteiger partial charge in [-0.25, -0.2) is 9.97 Å². The lowest BCUT2D eigenvalue weighted by Gasteiger charge is -2.09. The normalized spacial score (nSPS) is 10.8. The second kappa shape index (κ2) is 5.38. The van der Waals surface area contributed by atoms with Crippen LogP contribution in [0.25, 0.3) is 0 Å². The van der Waals surface area contributed by atoms with Crippen molar-refractivity contribution >= 4 is 11.3 Å². The van der Waals surface area contributed by atoms with Gasteiger partial charge in [-0.2, -0.15) is 0 Å². The molecular formula is C13H17N3S. The van der Waals surface area contributed by atoms with E-state index in [9.17, 15) is 0 Å². The van der Waals surface area contributed by atoms with Crippen LogP contribution in [-0.2, 0) is 12.8 Å². The Kier molecular flexibility index (Phi) is 3.86. The van der Waals surface area contributed by atoms with Crippen molar-refractivity contribution in [2.24, 2.45) is 5.73 Å². The molecule has 0 aliphatic heterocycles. The number of aromatic nitrogens is 2. The van der Waals surface area contributed by atoms with Gasteiger partial charge in [-0.1, -0.05) is 6.07 Å². The van der Waals surface area contributed by atoms with Crippen LogP contribution in [0.4, 0.5) is 0 Å². The predicted molar refractivity (Wildman–Crippen MR) is 71.4 cm³/mol. The van der Waals surface area contributed by atoms with E-state index in [0.717, 1.165) is 30.1 Å². The molecule has 2 N–H and O–H groups in total. The Balaban J connectivity index is 2.25. The van der Waals surface area contributed by atoms with Gasteiger partial charge in [-0.3, -0.25) is 0 Å². The van der Waals surface area contributed by atoms with E-state index in [0.29, 0.717) is 6.54 Å². The van der Waals surface area contributed by atoms with E-state index in [2.05, 4.69) is 27.5 Å². The lowest BCUT2D eigenvalue weighted by Crippen LogP contribution is -2.10. The van der Waals surface area contributed by atoms with Crippen LogP contribution in [-0.4, -0.2) is 16.5 Å². The first-order valence-electron chi connectivity index (χ1n) is 5.76. The summed E-state index contributed by atoms with van der Waals surface area (Å²) >= 11 is 1.74. The highest BCUT2D eigenvalue weighted by atomic mass is 32.1. The second-order valence-electron chi connectivity index (χ2n) is 4.08. The Labute approximate surface area is 106 Å². The van der Waals surface area contributed by atoms with Crippen LogP contribution >= 0.6 is 11.3 Å². The zero-order valence-electron chi connectivity index (χ0n) is 10.2. The van der Waals surface area contributed by atoms with Gasteiger partial charge in [0.2, 0.25) is 0 Å². The van der Waals surface area contributed by atoms with Crippen molar-refractivity contribution in [2.45, 2.75) is 26.7 Å². The molecule has 4 heteroatoms. The fourth-order valence-corrected chi connectivity index (χ4v) is 2.66. The van der Waals surface area contributed by atoms with Crippen molar-refractivity contribution in [3.8, 4) is 0 Å². The Bertz CT molecular complexity index is 468. The van der Waals surface area contributed by atoms with E-state index in [1.165, 1.54) is 10.4 Å². The van der Waals surface area contributed by atoms with Gasteiger partial charge < -0.3 is 5.73 Å². The van der Waals surface area contributed by atoms with Crippen molar-refractivity contribution in [2.75, 3.05) is 6.54 Å². The summed E-state index contributed by atoms with van der Waals surface area (Å²) < 4.78 is 0. The number of rotatable bonds is 4. The lowest BCUT2D eigenvalue weighted by atomic mass is 10.1. The number of nitrogens with zero attached hydrogens (tertiary/aromatic N) is 2. The van der Waals surface area contributed by atoms with E-state index >= 15 is 0 Å². The van der Waals surface area contributed by atoms with Crippen molar-refractivity contribution < 1.29 is 0 Å². The number of hydrogen-bond acceptors (Lipinski definition) is 4. The first kappa shape index (κ1) is 12.2. The number of thiophene rings is 1. The van der Waals surface area contributed by atoms with Gasteiger partial charge >= 0.3 is 0 Å². The molecule has 0 spiro atoms. The molecule has 3 nitrogen and oxygen atoms in total. The van der Waals surface area contributed by atoms with Crippen molar-refractivity contribution in [3.05, 3.63) is 45.2 Å². The topological polar surface area (TPSA) is 51.8 Å². The zero-order chi connectivity index (χ0) is 12.3. The van der Waals surface area contributed by atoms with E-state index in [4.69, 9.17) is 5.73 Å². The third kappa shape index (κ3) is 2.90. The molecule has 0 aliphatic carbocycles. The molecule has 90 valence electrons. The second-order valence-corrected chi connectivity index (χ2v) is 5.12. The van der Waals surface area contributed by atoms with E-state index in [1.54, 1.807) is 11.3 Å². The van der Waals surface area contributed by atoms with Gasteiger partial charge in [-0.15, -0.1) is 11.3 Å². The molecule has 0 radical (unpaired) electrons. The minimum atomic E-state index is 0.648. The standard InChI is InChI=1S/C13H17N3S/c1-9-12(5-6-14)10(2)16-13(15-9)8-11-4-3-7-17-11/h3-4,7H,5-6,8,14H2,1-2H3. The molecule has 0 saturated heterocycles. The van der Waals surface area contributed by atoms with Gasteiger partial charge in [0.15, 0.2) is 0 Å². The maximum atomic E-state index is 5.59. The molecule has 0 amide bonds. The van der Waals surface area contributed by atoms with Crippen LogP contribution in [0.3, 0.4) is 0 Å². The zero-order valence-corrected chi connectivity index (χ0v) is 11.0. The molecule has 0 bridgehead atoms. The fourth-order valence-electron chi connectivity index (χ4n) is 1.96. The van der Waals surface area contributed by atoms with Crippen LogP contribution in [0.5, 0.6) is 0 Å². The first-order valence-corrected chi connectivity index (χ1v) is 6.64. The minimum Gasteiger partial charge on any atom is -0.330 e. The smallest absolute Gasteiger partial charge is 0.134 e. The van der Waals surface area contributed by atoms with Crippen LogP contribution < -0.4 is 5.73 Å². The third-order valence-electron chi connectivity index (χ3n) is 2.77. The van der Waals surface area contributed by atoms with Crippen LogP contribution in [0.15, 0.2) is 17.5 Å². The average molecular weight is 247 g/mol. The first-order chi connectivity index (χ1) is 8.20. The van der Waals surface area contributed by atoms with Crippen LogP contribution in [0.2, 0.25) is 0 Å². The highest BCUT2D eigenvalue weighted by Gasteiger charge is 2.08. The number of hydrogen-bond donors (Lipinski definition) is 1. The molecule has 0 atom stereocenters. The summed E-state index contributed by atoms with van der Waals surface area (Å²) in [6, 6.07) is 4.18. The summed E-state index contributed by atoms with van der Waals surface area (Å²) in [4.78, 5) is 10.4. The van der Waals surface area contributed by atoms with Crippen LogP contribution in [0, 0.1) is 13.8 Å². The van der Waals surface area contributed by atoms with Gasteiger partial charge in [0.25, 0.3) is 0 Å². The lowest BCUT2D eigenvalue weighted by molar-refractivity contribution is 0.854. The van der Waals surface area contributed by atoms with Crippen molar-refractivity contribution in [1.29, 1.82) is 0 Å². The summed E-state index contributed by atoms with van der Waals surface area (Å²) in [5.41, 5.74) is 8.92. The molecule has 0 aromatic carbocycles. The van der Waals surface area contributed by atoms with E-state index < -0.39 is 0 Å². The van der Waals surface area contributed by atoms with Gasteiger partial charge in [0, 0.05) is 22.7 Å². The molecule has 2 aromatic rings. The summed E-state index contributed by atoms with van der Waals surface area (Å²) in [5, 5.41) is 2.08. The monoisotopic (exact) mass is 247 g/mol. The molecule has 0 saturated carbocycles. The quantitative estimate of drug-likeness (QED) is 0.901. The number of aryl methyl sites for hydroxylation is 2. The molecule has 2 aromatic heterocycles. The van der Waals surface area contributed by atoms with Gasteiger partial charge in [0.1, 0.15) is 5.82 Å². The Hall–Kier alpha value is -1.26. The van der Waals surface area contributed by atoms with Crippen molar-refractivity contribution in [3.63, 3.8) is 0 Å². The average Bonchev–Trinajstić information content (AvgIpc) is 2.76. The Morgan fingerprint density at radius 2 is 1.94 bits per heavy atom. The highest BCUT2D eigenvalue weighted by molar-refractivity contribution is 7.09. The summed E-state index contributed by atoms with van der Waals surface area (Å²) in [7, 11) is 0. The fraction of sp³-hybridized carbons (Fsp3) is 0.385. The third-order valence-corrected chi connectivity index (χ3v) is 3.65. The molecule has 17 heavy (non-hydrogen) atoms. The molecular weight excluding hydrogens is 230 g/mol. The summed E-state index contributed by atoms with van der Waals surface area (Å²) in [5.74, 6) is 0.906. The maximum Gasteiger partial charge on any atom is 0.134 e. The summed E-state index contributed by atoms with van der Waals surface area (Å²) in [6.07, 6.45) is 1.68.